The zero-order valence-electron chi connectivity index (χ0n) is 13.0. The summed E-state index contributed by atoms with van der Waals surface area (Å²) in [6.07, 6.45) is 0. The molecule has 0 saturated heterocycles. The van der Waals surface area contributed by atoms with Crippen LogP contribution in [-0.4, -0.2) is 15.0 Å². The first-order chi connectivity index (χ1) is 12.2. The second kappa shape index (κ2) is 7.01. The second-order valence-electron chi connectivity index (χ2n) is 4.89. The van der Waals surface area contributed by atoms with Gasteiger partial charge in [0.1, 0.15) is 11.8 Å². The van der Waals surface area contributed by atoms with Crippen LogP contribution in [0, 0.1) is 11.3 Å². The zero-order chi connectivity index (χ0) is 17.6. The van der Waals surface area contributed by atoms with Crippen LogP contribution in [0.1, 0.15) is 5.56 Å². The predicted molar refractivity (Wildman–Crippen MR) is 93.4 cm³/mol. The number of benzene rings is 2. The molecule has 3 aromatic rings. The van der Waals surface area contributed by atoms with Crippen molar-refractivity contribution in [2.75, 3.05) is 16.9 Å². The molecule has 0 spiro atoms. The van der Waals surface area contributed by atoms with Gasteiger partial charge in [0, 0.05) is 5.56 Å². The third-order valence-electron chi connectivity index (χ3n) is 3.17. The van der Waals surface area contributed by atoms with Crippen LogP contribution in [0.2, 0.25) is 0 Å². The van der Waals surface area contributed by atoms with Crippen LogP contribution in [0.25, 0.3) is 11.4 Å². The smallest absolute Gasteiger partial charge is 0.225 e. The molecule has 122 valence electrons. The van der Waals surface area contributed by atoms with Gasteiger partial charge in [0.2, 0.25) is 11.9 Å². The maximum Gasteiger partial charge on any atom is 0.225 e. The highest BCUT2D eigenvalue weighted by atomic mass is 15.4. The SMILES string of the molecule is N#Cc1ccccc1N=NNc1ccc(-c2nc(N)nc(N)n2)cc1. The number of nitrogen functional groups attached to an aromatic ring is 2. The Labute approximate surface area is 143 Å². The molecule has 0 fully saturated rings. The van der Waals surface area contributed by atoms with Gasteiger partial charge in [-0.05, 0) is 36.4 Å². The Morgan fingerprint density at radius 1 is 0.920 bits per heavy atom. The lowest BCUT2D eigenvalue weighted by Crippen LogP contribution is -2.04. The van der Waals surface area contributed by atoms with E-state index >= 15 is 0 Å². The van der Waals surface area contributed by atoms with Gasteiger partial charge in [0.15, 0.2) is 5.82 Å². The standard InChI is InChI=1S/C16H13N9/c17-9-11-3-1-2-4-13(11)24-25-23-12-7-5-10(6-8-12)14-20-15(18)22-16(19)21-14/h1-8H,(H,23,24)(H4,18,19,20,21,22). The molecule has 0 saturated carbocycles. The van der Waals surface area contributed by atoms with Crippen molar-refractivity contribution in [2.24, 2.45) is 10.3 Å². The van der Waals surface area contributed by atoms with E-state index in [4.69, 9.17) is 16.7 Å². The number of nitrogens with two attached hydrogens (primary N) is 2. The van der Waals surface area contributed by atoms with Gasteiger partial charge in [-0.15, -0.1) is 5.11 Å². The van der Waals surface area contributed by atoms with Crippen molar-refractivity contribution >= 4 is 23.3 Å². The van der Waals surface area contributed by atoms with Crippen LogP contribution in [0.5, 0.6) is 0 Å². The quantitative estimate of drug-likeness (QED) is 0.491. The van der Waals surface area contributed by atoms with E-state index in [1.165, 1.54) is 0 Å². The molecule has 1 heterocycles. The number of rotatable bonds is 4. The first-order valence-electron chi connectivity index (χ1n) is 7.19. The minimum atomic E-state index is 0.0645. The molecule has 0 radical (unpaired) electrons. The Morgan fingerprint density at radius 2 is 1.60 bits per heavy atom. The van der Waals surface area contributed by atoms with Gasteiger partial charge in [-0.25, -0.2) is 0 Å². The van der Waals surface area contributed by atoms with E-state index in [1.54, 1.807) is 48.5 Å². The van der Waals surface area contributed by atoms with Crippen LogP contribution < -0.4 is 16.9 Å². The van der Waals surface area contributed by atoms with Crippen molar-refractivity contribution in [2.45, 2.75) is 0 Å². The number of aromatic nitrogens is 3. The molecule has 0 aliphatic carbocycles. The highest BCUT2D eigenvalue weighted by molar-refractivity contribution is 5.61. The molecule has 0 aliphatic rings. The molecule has 0 unspecified atom stereocenters. The molecular formula is C16H13N9. The highest BCUT2D eigenvalue weighted by Gasteiger charge is 2.05. The summed E-state index contributed by atoms with van der Waals surface area (Å²) in [5.74, 6) is 0.519. The molecular weight excluding hydrogens is 318 g/mol. The van der Waals surface area contributed by atoms with Gasteiger partial charge in [0.25, 0.3) is 0 Å². The van der Waals surface area contributed by atoms with Crippen molar-refractivity contribution in [3.63, 3.8) is 0 Å². The lowest BCUT2D eigenvalue weighted by atomic mass is 10.2. The summed E-state index contributed by atoms with van der Waals surface area (Å²) in [5.41, 5.74) is 16.3. The molecule has 0 amide bonds. The average molecular weight is 331 g/mol. The van der Waals surface area contributed by atoms with Crippen LogP contribution in [0.3, 0.4) is 0 Å². The predicted octanol–water partition coefficient (Wildman–Crippen LogP) is 2.69. The number of hydrogen-bond donors (Lipinski definition) is 3. The molecule has 9 nitrogen and oxygen atoms in total. The maximum absolute atomic E-state index is 9.01. The third-order valence-corrected chi connectivity index (χ3v) is 3.17. The number of hydrogen-bond acceptors (Lipinski definition) is 8. The maximum atomic E-state index is 9.01. The first kappa shape index (κ1) is 15.8. The van der Waals surface area contributed by atoms with Gasteiger partial charge in [-0.2, -0.15) is 20.2 Å². The van der Waals surface area contributed by atoms with E-state index in [2.05, 4.69) is 36.8 Å². The molecule has 3 rings (SSSR count). The molecule has 5 N–H and O–H groups in total. The van der Waals surface area contributed by atoms with Crippen molar-refractivity contribution in [3.05, 3.63) is 54.1 Å². The molecule has 0 aliphatic heterocycles. The van der Waals surface area contributed by atoms with Crippen molar-refractivity contribution in [3.8, 4) is 17.5 Å². The van der Waals surface area contributed by atoms with Crippen LogP contribution in [0.4, 0.5) is 23.3 Å². The lowest BCUT2D eigenvalue weighted by molar-refractivity contribution is 1.09. The van der Waals surface area contributed by atoms with E-state index in [1.807, 2.05) is 0 Å². The van der Waals surface area contributed by atoms with E-state index in [-0.39, 0.29) is 11.9 Å². The summed E-state index contributed by atoms with van der Waals surface area (Å²) in [5, 5.41) is 16.9. The fraction of sp³-hybridized carbons (Fsp3) is 0. The van der Waals surface area contributed by atoms with Gasteiger partial charge in [0.05, 0.1) is 11.3 Å². The number of nitriles is 1. The molecule has 9 heteroatoms. The first-order valence-corrected chi connectivity index (χ1v) is 7.19. The van der Waals surface area contributed by atoms with Gasteiger partial charge < -0.3 is 11.5 Å². The zero-order valence-corrected chi connectivity index (χ0v) is 13.0. The Kier molecular flexibility index (Phi) is 4.44. The number of anilines is 3. The fourth-order valence-corrected chi connectivity index (χ4v) is 2.02. The van der Waals surface area contributed by atoms with E-state index < -0.39 is 0 Å². The van der Waals surface area contributed by atoms with Crippen molar-refractivity contribution in [1.29, 1.82) is 5.26 Å². The molecule has 0 atom stereocenters. The van der Waals surface area contributed by atoms with E-state index in [9.17, 15) is 0 Å². The second-order valence-corrected chi connectivity index (χ2v) is 4.89. The third kappa shape index (κ3) is 3.83. The van der Waals surface area contributed by atoms with Crippen molar-refractivity contribution < 1.29 is 0 Å². The van der Waals surface area contributed by atoms with Crippen LogP contribution in [0.15, 0.2) is 58.9 Å². The minimum Gasteiger partial charge on any atom is -0.368 e. The summed E-state index contributed by atoms with van der Waals surface area (Å²) in [7, 11) is 0. The Bertz CT molecular complexity index is 938. The Hall–Kier alpha value is -4.06. The Balaban J connectivity index is 1.73. The topological polar surface area (TPSA) is 151 Å². The lowest BCUT2D eigenvalue weighted by Gasteiger charge is -2.04. The summed E-state index contributed by atoms with van der Waals surface area (Å²) in [6, 6.07) is 16.1. The minimum absolute atomic E-state index is 0.0645. The normalized spacial score (nSPS) is 10.5. The average Bonchev–Trinajstić information content (AvgIpc) is 2.62. The number of nitrogens with one attached hydrogen (secondary N) is 1. The molecule has 2 aromatic carbocycles. The monoisotopic (exact) mass is 331 g/mol. The van der Waals surface area contributed by atoms with Crippen molar-refractivity contribution in [1.82, 2.24) is 15.0 Å². The summed E-state index contributed by atoms with van der Waals surface area (Å²) in [6.45, 7) is 0. The summed E-state index contributed by atoms with van der Waals surface area (Å²) < 4.78 is 0. The van der Waals surface area contributed by atoms with Gasteiger partial charge in [-0.1, -0.05) is 17.4 Å². The van der Waals surface area contributed by atoms with Gasteiger partial charge in [-0.3, -0.25) is 5.43 Å². The highest BCUT2D eigenvalue weighted by Crippen LogP contribution is 2.20. The molecule has 0 bridgehead atoms. The summed E-state index contributed by atoms with van der Waals surface area (Å²) in [4.78, 5) is 11.8. The van der Waals surface area contributed by atoms with E-state index in [0.717, 1.165) is 5.56 Å². The molecule has 1 aromatic heterocycles. The molecule has 25 heavy (non-hydrogen) atoms. The van der Waals surface area contributed by atoms with E-state index in [0.29, 0.717) is 22.8 Å². The van der Waals surface area contributed by atoms with Crippen LogP contribution in [-0.2, 0) is 0 Å². The number of nitrogens with zero attached hydrogens (tertiary/aromatic N) is 6. The van der Waals surface area contributed by atoms with Gasteiger partial charge >= 0.3 is 0 Å². The fourth-order valence-electron chi connectivity index (χ4n) is 2.02. The largest absolute Gasteiger partial charge is 0.368 e. The Morgan fingerprint density at radius 3 is 2.28 bits per heavy atom. The summed E-state index contributed by atoms with van der Waals surface area (Å²) >= 11 is 0. The van der Waals surface area contributed by atoms with Crippen LogP contribution >= 0.6 is 0 Å².